The van der Waals surface area contributed by atoms with Crippen LogP contribution in [0.2, 0.25) is 0 Å². The van der Waals surface area contributed by atoms with Crippen LogP contribution in [-0.2, 0) is 20.2 Å². The van der Waals surface area contributed by atoms with Gasteiger partial charge in [0.15, 0.2) is 21.3 Å². The summed E-state index contributed by atoms with van der Waals surface area (Å²) in [4.78, 5) is 21.8. The zero-order valence-electron chi connectivity index (χ0n) is 17.7. The fourth-order valence-corrected chi connectivity index (χ4v) is 5.64. The minimum Gasteiger partial charge on any atom is -0.478 e. The maximum absolute atomic E-state index is 12.2. The van der Waals surface area contributed by atoms with E-state index < -0.39 is 76.3 Å². The van der Waals surface area contributed by atoms with Gasteiger partial charge in [-0.2, -0.15) is 16.8 Å². The molecule has 0 saturated heterocycles. The quantitative estimate of drug-likeness (QED) is 0.158. The number of hydrogen-bond donors (Lipinski definition) is 6. The van der Waals surface area contributed by atoms with Gasteiger partial charge < -0.3 is 26.4 Å². The lowest BCUT2D eigenvalue weighted by atomic mass is 9.80. The number of rotatable bonds is 5. The van der Waals surface area contributed by atoms with E-state index in [4.69, 9.17) is 16.2 Å². The maximum Gasteiger partial charge on any atom is 0.335 e. The number of hydrogen-bond acceptors (Lipinski definition) is 9. The summed E-state index contributed by atoms with van der Waals surface area (Å²) in [5.41, 5.74) is 9.39. The zero-order chi connectivity index (χ0) is 26.7. The van der Waals surface area contributed by atoms with E-state index in [1.165, 1.54) is 12.1 Å². The lowest BCUT2D eigenvalue weighted by Gasteiger charge is -2.32. The van der Waals surface area contributed by atoms with E-state index in [9.17, 15) is 45.7 Å². The Balaban J connectivity index is 2.23. The number of nitrogens with two attached hydrogens (primary N) is 2. The molecule has 0 aromatic heterocycles. The van der Waals surface area contributed by atoms with Gasteiger partial charge >= 0.3 is 11.9 Å². The van der Waals surface area contributed by atoms with E-state index >= 15 is 0 Å². The van der Waals surface area contributed by atoms with E-state index in [1.54, 1.807) is 0 Å². The molecule has 15 heteroatoms. The molecule has 0 saturated carbocycles. The molecule has 0 spiro atoms. The molecule has 13 nitrogen and oxygen atoms in total. The monoisotopic (exact) mass is 536 g/mol. The van der Waals surface area contributed by atoms with Gasteiger partial charge in [-0.3, -0.25) is 9.11 Å². The highest BCUT2D eigenvalue weighted by Crippen LogP contribution is 2.54. The van der Waals surface area contributed by atoms with Gasteiger partial charge in [-0.05, 0) is 35.9 Å². The number of benzene rings is 3. The average molecular weight is 536 g/mol. The first-order chi connectivity index (χ1) is 16.6. The van der Waals surface area contributed by atoms with E-state index in [2.05, 4.69) is 0 Å². The number of nitrogen functional groups attached to an aromatic ring is 2. The summed E-state index contributed by atoms with van der Waals surface area (Å²) >= 11 is 0. The SMILES string of the molecule is Nc1ccc2c(c1S(=O)(=O)O)Oc1c(ccc(N)c1S(=O)(=O)O)C2c1cc(C(=O)O)ccc1C(=O)O. The molecule has 0 bridgehead atoms. The number of carbonyl (C=O) groups is 2. The molecule has 3 aromatic rings. The van der Waals surface area contributed by atoms with Crippen molar-refractivity contribution in [2.75, 3.05) is 11.5 Å². The predicted octanol–water partition coefficient (Wildman–Crippen LogP) is 2.03. The Bertz CT molecular complexity index is 1610. The Hall–Kier alpha value is -4.18. The van der Waals surface area contributed by atoms with Crippen molar-refractivity contribution in [3.05, 3.63) is 70.3 Å². The molecular weight excluding hydrogens is 520 g/mol. The van der Waals surface area contributed by atoms with Gasteiger partial charge in [-0.25, -0.2) is 9.59 Å². The Morgan fingerprint density at radius 3 is 1.58 bits per heavy atom. The van der Waals surface area contributed by atoms with Gasteiger partial charge in [0.05, 0.1) is 22.5 Å². The van der Waals surface area contributed by atoms with Crippen molar-refractivity contribution in [3.63, 3.8) is 0 Å². The minimum atomic E-state index is -5.09. The van der Waals surface area contributed by atoms with Crippen molar-refractivity contribution in [3.8, 4) is 11.5 Å². The average Bonchev–Trinajstić information content (AvgIpc) is 2.74. The molecule has 0 atom stereocenters. The van der Waals surface area contributed by atoms with Crippen LogP contribution in [0.5, 0.6) is 11.5 Å². The Kier molecular flexibility index (Phi) is 5.68. The number of ether oxygens (including phenoxy) is 1. The number of aromatic carboxylic acids is 2. The second kappa shape index (κ2) is 8.20. The highest BCUT2D eigenvalue weighted by molar-refractivity contribution is 7.86. The van der Waals surface area contributed by atoms with Crippen molar-refractivity contribution in [1.29, 1.82) is 0 Å². The standard InChI is InChI=1S/C21H16N2O11S2/c22-13-5-3-10-15(12-7-8(20(24)25)1-2-9(12)21(26)27)11-4-6-14(23)19(36(31,32)33)17(11)34-16(10)18(13)35(28,29)30/h1-7,15H,22-23H2,(H,24,25)(H,26,27)(H,28,29,30)(H,31,32,33). The Morgan fingerprint density at radius 2 is 1.19 bits per heavy atom. The molecule has 3 aromatic carbocycles. The van der Waals surface area contributed by atoms with Crippen LogP contribution in [0.3, 0.4) is 0 Å². The third-order valence-electron chi connectivity index (χ3n) is 5.53. The topological polar surface area (TPSA) is 245 Å². The third-order valence-corrected chi connectivity index (χ3v) is 7.40. The van der Waals surface area contributed by atoms with Gasteiger partial charge in [-0.1, -0.05) is 12.1 Å². The molecule has 0 aliphatic carbocycles. The van der Waals surface area contributed by atoms with Crippen molar-refractivity contribution >= 4 is 43.5 Å². The summed E-state index contributed by atoms with van der Waals surface area (Å²) in [6.45, 7) is 0. The summed E-state index contributed by atoms with van der Waals surface area (Å²) in [6, 6.07) is 7.73. The van der Waals surface area contributed by atoms with Crippen molar-refractivity contribution < 1.29 is 50.5 Å². The van der Waals surface area contributed by atoms with Gasteiger partial charge in [0.1, 0.15) is 0 Å². The second-order valence-electron chi connectivity index (χ2n) is 7.70. The molecule has 1 aliphatic heterocycles. The lowest BCUT2D eigenvalue weighted by molar-refractivity contribution is 0.0680. The van der Waals surface area contributed by atoms with Gasteiger partial charge in [0.2, 0.25) is 0 Å². The number of fused-ring (bicyclic) bond motifs is 2. The molecule has 0 amide bonds. The zero-order valence-corrected chi connectivity index (χ0v) is 19.4. The fraction of sp³-hybridized carbons (Fsp3) is 0.0476. The largest absolute Gasteiger partial charge is 0.478 e. The van der Waals surface area contributed by atoms with Crippen LogP contribution in [0.15, 0.2) is 52.3 Å². The summed E-state index contributed by atoms with van der Waals surface area (Å²) < 4.78 is 73.9. The van der Waals surface area contributed by atoms with Crippen molar-refractivity contribution in [1.82, 2.24) is 0 Å². The van der Waals surface area contributed by atoms with Gasteiger partial charge in [0.25, 0.3) is 20.2 Å². The molecular formula is C21H16N2O11S2. The van der Waals surface area contributed by atoms with Crippen LogP contribution in [0.4, 0.5) is 11.4 Å². The lowest BCUT2D eigenvalue weighted by Crippen LogP contribution is -2.20. The van der Waals surface area contributed by atoms with Crippen LogP contribution in [0.25, 0.3) is 0 Å². The molecule has 0 unspecified atom stereocenters. The molecule has 4 rings (SSSR count). The van der Waals surface area contributed by atoms with E-state index in [1.807, 2.05) is 0 Å². The molecule has 8 N–H and O–H groups in total. The first kappa shape index (κ1) is 24.9. The highest BCUT2D eigenvalue weighted by atomic mass is 32.2. The summed E-state index contributed by atoms with van der Waals surface area (Å²) in [6.07, 6.45) is 0. The Morgan fingerprint density at radius 1 is 0.722 bits per heavy atom. The molecule has 0 radical (unpaired) electrons. The third kappa shape index (κ3) is 3.99. The molecule has 36 heavy (non-hydrogen) atoms. The highest BCUT2D eigenvalue weighted by Gasteiger charge is 2.39. The molecule has 0 fully saturated rings. The smallest absolute Gasteiger partial charge is 0.335 e. The van der Waals surface area contributed by atoms with Gasteiger partial charge in [-0.15, -0.1) is 0 Å². The maximum atomic E-state index is 12.2. The summed E-state index contributed by atoms with van der Waals surface area (Å²) in [7, 11) is -10.2. The van der Waals surface area contributed by atoms with Crippen LogP contribution >= 0.6 is 0 Å². The second-order valence-corrected chi connectivity index (χ2v) is 10.4. The summed E-state index contributed by atoms with van der Waals surface area (Å²) in [5.74, 6) is -5.58. The predicted molar refractivity (Wildman–Crippen MR) is 123 cm³/mol. The van der Waals surface area contributed by atoms with Crippen LogP contribution in [0.1, 0.15) is 43.3 Å². The number of carboxylic acids is 2. The molecule has 1 heterocycles. The van der Waals surface area contributed by atoms with Crippen LogP contribution in [0, 0.1) is 0 Å². The number of carboxylic acid groups (broad SMARTS) is 2. The van der Waals surface area contributed by atoms with E-state index in [0.29, 0.717) is 0 Å². The van der Waals surface area contributed by atoms with Crippen molar-refractivity contribution in [2.24, 2.45) is 0 Å². The summed E-state index contributed by atoms with van der Waals surface area (Å²) in [5, 5.41) is 19.3. The normalized spacial score (nSPS) is 13.4. The van der Waals surface area contributed by atoms with E-state index in [-0.39, 0.29) is 22.3 Å². The van der Waals surface area contributed by atoms with Gasteiger partial charge in [0, 0.05) is 17.0 Å². The minimum absolute atomic E-state index is 0.0968. The molecule has 1 aliphatic rings. The fourth-order valence-electron chi connectivity index (χ4n) is 4.12. The van der Waals surface area contributed by atoms with E-state index in [0.717, 1.165) is 30.3 Å². The molecule has 188 valence electrons. The first-order valence-corrected chi connectivity index (χ1v) is 12.6. The van der Waals surface area contributed by atoms with Crippen LogP contribution < -0.4 is 16.2 Å². The Labute approximate surface area is 203 Å². The van der Waals surface area contributed by atoms with Crippen molar-refractivity contribution in [2.45, 2.75) is 15.7 Å². The first-order valence-electron chi connectivity index (χ1n) is 9.71. The van der Waals surface area contributed by atoms with Crippen LogP contribution in [-0.4, -0.2) is 48.1 Å². The number of anilines is 2.